The lowest BCUT2D eigenvalue weighted by Crippen LogP contribution is -2.33. The normalized spacial score (nSPS) is 19.8. The molecule has 1 heterocycles. The Labute approximate surface area is 157 Å². The molecule has 0 unspecified atom stereocenters. The first-order valence-electron chi connectivity index (χ1n) is 8.80. The Morgan fingerprint density at radius 1 is 1.15 bits per heavy atom. The number of thiophene rings is 1. The zero-order chi connectivity index (χ0) is 18.5. The molecule has 136 valence electrons. The highest BCUT2D eigenvalue weighted by atomic mass is 32.1. The van der Waals surface area contributed by atoms with Crippen molar-refractivity contribution in [2.24, 2.45) is 5.92 Å². The zero-order valence-electron chi connectivity index (χ0n) is 14.9. The quantitative estimate of drug-likeness (QED) is 0.556. The topological polar surface area (TPSA) is 52.6 Å². The summed E-state index contributed by atoms with van der Waals surface area (Å²) in [4.78, 5) is 25.2. The molecule has 26 heavy (non-hydrogen) atoms. The summed E-state index contributed by atoms with van der Waals surface area (Å²) in [6, 6.07) is 9.64. The van der Waals surface area contributed by atoms with Crippen molar-refractivity contribution in [2.45, 2.75) is 26.2 Å². The molecule has 0 amide bonds. The number of hydrogen-bond acceptors (Lipinski definition) is 5. The predicted octanol–water partition coefficient (Wildman–Crippen LogP) is 4.47. The van der Waals surface area contributed by atoms with E-state index in [1.165, 1.54) is 0 Å². The van der Waals surface area contributed by atoms with Gasteiger partial charge >= 0.3 is 5.97 Å². The molecule has 0 fully saturated rings. The van der Waals surface area contributed by atoms with Crippen LogP contribution in [0.15, 0.2) is 47.2 Å². The number of hydrogen-bond donors (Lipinski definition) is 0. The Balaban J connectivity index is 1.95. The molecule has 2 aromatic rings. The summed E-state index contributed by atoms with van der Waals surface area (Å²) in [5.74, 6) is -0.890. The number of ether oxygens (including phenoxy) is 2. The van der Waals surface area contributed by atoms with Crippen molar-refractivity contribution in [1.29, 1.82) is 0 Å². The van der Waals surface area contributed by atoms with Crippen LogP contribution in [0, 0.1) is 5.92 Å². The maximum absolute atomic E-state index is 12.8. The molecule has 5 heteroatoms. The summed E-state index contributed by atoms with van der Waals surface area (Å²) in [5.41, 5.74) is 2.96. The number of carbonyl (C=O) groups excluding carboxylic acids is 2. The highest BCUT2D eigenvalue weighted by molar-refractivity contribution is 7.08. The molecule has 1 aliphatic rings. The summed E-state index contributed by atoms with van der Waals surface area (Å²) >= 11 is 1.59. The standard InChI is InChI=1S/C21H22O4S/c1-3-24-17-7-5-14(6-8-17)18-11-16(15-9-10-26-13-15)12-19(22)20(18)21(23)25-4-2/h5-10,12-13,18,20H,3-4,11H2,1-2H3/t18-,20-/m0/s1. The molecule has 0 aliphatic heterocycles. The van der Waals surface area contributed by atoms with E-state index >= 15 is 0 Å². The van der Waals surface area contributed by atoms with E-state index in [9.17, 15) is 9.59 Å². The van der Waals surface area contributed by atoms with Crippen LogP contribution in [0.25, 0.3) is 5.57 Å². The van der Waals surface area contributed by atoms with Crippen molar-refractivity contribution in [3.63, 3.8) is 0 Å². The summed E-state index contributed by atoms with van der Waals surface area (Å²) in [5, 5.41) is 4.02. The van der Waals surface area contributed by atoms with Gasteiger partial charge in [-0.25, -0.2) is 0 Å². The van der Waals surface area contributed by atoms with Crippen molar-refractivity contribution in [3.05, 3.63) is 58.3 Å². The fourth-order valence-electron chi connectivity index (χ4n) is 3.32. The van der Waals surface area contributed by atoms with Crippen LogP contribution < -0.4 is 4.74 Å². The van der Waals surface area contributed by atoms with Crippen LogP contribution >= 0.6 is 11.3 Å². The van der Waals surface area contributed by atoms with Gasteiger partial charge < -0.3 is 9.47 Å². The van der Waals surface area contributed by atoms with Crippen LogP contribution in [-0.2, 0) is 14.3 Å². The largest absolute Gasteiger partial charge is 0.494 e. The molecule has 4 nitrogen and oxygen atoms in total. The lowest BCUT2D eigenvalue weighted by Gasteiger charge is -2.29. The van der Waals surface area contributed by atoms with Crippen LogP contribution in [0.1, 0.15) is 37.3 Å². The van der Waals surface area contributed by atoms with Gasteiger partial charge in [0.05, 0.1) is 13.2 Å². The first-order chi connectivity index (χ1) is 12.6. The van der Waals surface area contributed by atoms with Crippen LogP contribution in [0.3, 0.4) is 0 Å². The summed E-state index contributed by atoms with van der Waals surface area (Å²) in [6.45, 7) is 4.55. The molecule has 0 saturated heterocycles. The third kappa shape index (κ3) is 3.88. The van der Waals surface area contributed by atoms with Gasteiger partial charge in [0.1, 0.15) is 11.7 Å². The van der Waals surface area contributed by atoms with Crippen molar-refractivity contribution in [1.82, 2.24) is 0 Å². The van der Waals surface area contributed by atoms with Gasteiger partial charge in [-0.2, -0.15) is 11.3 Å². The second-order valence-electron chi connectivity index (χ2n) is 6.13. The van der Waals surface area contributed by atoms with Gasteiger partial charge in [0.2, 0.25) is 0 Å². The highest BCUT2D eigenvalue weighted by Crippen LogP contribution is 2.41. The lowest BCUT2D eigenvalue weighted by atomic mass is 9.74. The molecular formula is C21H22O4S. The summed E-state index contributed by atoms with van der Waals surface area (Å²) < 4.78 is 10.7. The monoisotopic (exact) mass is 370 g/mol. The van der Waals surface area contributed by atoms with Gasteiger partial charge in [0.15, 0.2) is 5.78 Å². The zero-order valence-corrected chi connectivity index (χ0v) is 15.8. The minimum Gasteiger partial charge on any atom is -0.494 e. The Hall–Kier alpha value is -2.40. The van der Waals surface area contributed by atoms with E-state index in [0.717, 1.165) is 22.4 Å². The van der Waals surface area contributed by atoms with Gasteiger partial charge in [-0.1, -0.05) is 12.1 Å². The molecule has 0 saturated carbocycles. The van der Waals surface area contributed by atoms with Crippen LogP contribution in [-0.4, -0.2) is 25.0 Å². The van der Waals surface area contributed by atoms with Crippen molar-refractivity contribution >= 4 is 28.7 Å². The van der Waals surface area contributed by atoms with Crippen LogP contribution in [0.2, 0.25) is 0 Å². The van der Waals surface area contributed by atoms with Gasteiger partial charge in [-0.05, 0) is 72.0 Å². The fraction of sp³-hybridized carbons (Fsp3) is 0.333. The molecule has 1 aromatic heterocycles. The molecule has 1 aliphatic carbocycles. The lowest BCUT2D eigenvalue weighted by molar-refractivity contribution is -0.151. The number of benzene rings is 1. The molecular weight excluding hydrogens is 348 g/mol. The van der Waals surface area contributed by atoms with E-state index < -0.39 is 11.9 Å². The molecule has 0 radical (unpaired) electrons. The average molecular weight is 370 g/mol. The van der Waals surface area contributed by atoms with E-state index in [1.807, 2.05) is 48.0 Å². The van der Waals surface area contributed by atoms with Crippen LogP contribution in [0.5, 0.6) is 5.75 Å². The third-order valence-electron chi connectivity index (χ3n) is 4.52. The minimum atomic E-state index is -0.796. The number of carbonyl (C=O) groups is 2. The van der Waals surface area contributed by atoms with Gasteiger partial charge in [-0.15, -0.1) is 0 Å². The highest BCUT2D eigenvalue weighted by Gasteiger charge is 2.39. The van der Waals surface area contributed by atoms with E-state index in [1.54, 1.807) is 24.3 Å². The van der Waals surface area contributed by atoms with E-state index in [4.69, 9.17) is 9.47 Å². The molecule has 3 rings (SSSR count). The van der Waals surface area contributed by atoms with Crippen LogP contribution in [0.4, 0.5) is 0 Å². The minimum absolute atomic E-state index is 0.185. The maximum Gasteiger partial charge on any atom is 0.317 e. The average Bonchev–Trinajstić information content (AvgIpc) is 3.17. The first kappa shape index (κ1) is 18.4. The predicted molar refractivity (Wildman–Crippen MR) is 102 cm³/mol. The molecule has 0 N–H and O–H groups in total. The SMILES string of the molecule is CCOC(=O)[C@@H]1C(=O)C=C(c2ccsc2)C[C@H]1c1ccc(OCC)cc1. The first-order valence-corrected chi connectivity index (χ1v) is 9.74. The van der Waals surface area contributed by atoms with Crippen molar-refractivity contribution in [3.8, 4) is 5.75 Å². The Kier molecular flexibility index (Phi) is 5.89. The fourth-order valence-corrected chi connectivity index (χ4v) is 4.00. The van der Waals surface area contributed by atoms with Crippen molar-refractivity contribution < 1.29 is 19.1 Å². The van der Waals surface area contributed by atoms with E-state index in [0.29, 0.717) is 13.0 Å². The van der Waals surface area contributed by atoms with Crippen molar-refractivity contribution in [2.75, 3.05) is 13.2 Å². The molecule has 2 atom stereocenters. The molecule has 0 spiro atoms. The van der Waals surface area contributed by atoms with E-state index in [-0.39, 0.29) is 18.3 Å². The molecule has 0 bridgehead atoms. The smallest absolute Gasteiger partial charge is 0.317 e. The van der Waals surface area contributed by atoms with E-state index in [2.05, 4.69) is 0 Å². The van der Waals surface area contributed by atoms with Gasteiger partial charge in [0.25, 0.3) is 0 Å². The number of esters is 1. The number of allylic oxidation sites excluding steroid dienone is 2. The second kappa shape index (κ2) is 8.32. The number of ketones is 1. The third-order valence-corrected chi connectivity index (χ3v) is 5.20. The molecule has 1 aromatic carbocycles. The summed E-state index contributed by atoms with van der Waals surface area (Å²) in [7, 11) is 0. The Morgan fingerprint density at radius 3 is 2.54 bits per heavy atom. The van der Waals surface area contributed by atoms with Gasteiger partial charge in [0, 0.05) is 5.92 Å². The maximum atomic E-state index is 12.8. The Bertz CT molecular complexity index is 790. The van der Waals surface area contributed by atoms with Gasteiger partial charge in [-0.3, -0.25) is 9.59 Å². The Morgan fingerprint density at radius 2 is 1.92 bits per heavy atom. The number of rotatable bonds is 6. The second-order valence-corrected chi connectivity index (χ2v) is 6.91. The summed E-state index contributed by atoms with van der Waals surface area (Å²) in [6.07, 6.45) is 2.23.